The predicted octanol–water partition coefficient (Wildman–Crippen LogP) is -0.909. The summed E-state index contributed by atoms with van der Waals surface area (Å²) in [5, 5.41) is 4.29. The number of hydrogen-bond acceptors (Lipinski definition) is 6. The van der Waals surface area contributed by atoms with Gasteiger partial charge in [0.2, 0.25) is 0 Å². The first-order chi connectivity index (χ1) is 6.48. The molecule has 2 N–H and O–H groups in total. The Bertz CT molecular complexity index is 502. The summed E-state index contributed by atoms with van der Waals surface area (Å²) in [6, 6.07) is -0.581. The van der Waals surface area contributed by atoms with Crippen molar-refractivity contribution in [3.05, 3.63) is 0 Å². The van der Waals surface area contributed by atoms with Crippen LogP contribution in [0.3, 0.4) is 0 Å². The van der Waals surface area contributed by atoms with Crippen molar-refractivity contribution in [3.8, 4) is 0 Å². The molecule has 2 heterocycles. The second kappa shape index (κ2) is 2.94. The summed E-state index contributed by atoms with van der Waals surface area (Å²) in [7, 11) is -3.96. The highest BCUT2D eigenvalue weighted by molar-refractivity contribution is 8.04. The molecule has 0 aromatic carbocycles. The number of primary sulfonamides is 1. The first-order valence-electron chi connectivity index (χ1n) is 3.43. The van der Waals surface area contributed by atoms with Gasteiger partial charge in [-0.2, -0.15) is 4.99 Å². The lowest BCUT2D eigenvalue weighted by Gasteiger charge is -2.11. The Morgan fingerprint density at radius 2 is 2.14 bits per heavy atom. The Kier molecular flexibility index (Phi) is 1.98. The van der Waals surface area contributed by atoms with E-state index in [4.69, 9.17) is 16.7 Å². The predicted molar refractivity (Wildman–Crippen MR) is 53.5 cm³/mol. The third-order valence-corrected chi connectivity index (χ3v) is 2.53. The van der Waals surface area contributed by atoms with Gasteiger partial charge in [-0.15, -0.1) is 0 Å². The van der Waals surface area contributed by atoms with Crippen molar-refractivity contribution in [1.29, 1.82) is 0 Å². The SMILES string of the molecule is NS(=O)(=O)C1=NC2=NC=NC2C(Cl)=N1. The first kappa shape index (κ1) is 9.44. The Hall–Kier alpha value is -1.12. The van der Waals surface area contributed by atoms with E-state index < -0.39 is 21.2 Å². The van der Waals surface area contributed by atoms with Gasteiger partial charge in [-0.25, -0.2) is 23.5 Å². The summed E-state index contributed by atoms with van der Waals surface area (Å²) in [5.41, 5.74) is 0. The molecular formula is C5H4ClN5O2S. The van der Waals surface area contributed by atoms with Crippen molar-refractivity contribution in [2.24, 2.45) is 25.1 Å². The quantitative estimate of drug-likeness (QED) is 0.584. The molecule has 0 spiro atoms. The molecule has 0 aromatic heterocycles. The molecule has 0 aromatic rings. The van der Waals surface area contributed by atoms with Crippen LogP contribution in [0.4, 0.5) is 0 Å². The van der Waals surface area contributed by atoms with E-state index in [1.54, 1.807) is 0 Å². The van der Waals surface area contributed by atoms with Crippen LogP contribution in [0.2, 0.25) is 0 Å². The molecule has 2 aliphatic heterocycles. The van der Waals surface area contributed by atoms with E-state index in [0.29, 0.717) is 0 Å². The summed E-state index contributed by atoms with van der Waals surface area (Å²) in [6.07, 6.45) is 1.24. The molecule has 0 aliphatic carbocycles. The van der Waals surface area contributed by atoms with Crippen LogP contribution in [0.1, 0.15) is 0 Å². The van der Waals surface area contributed by atoms with Crippen molar-refractivity contribution in [2.45, 2.75) is 6.04 Å². The summed E-state index contributed by atoms with van der Waals surface area (Å²) in [4.78, 5) is 14.7. The van der Waals surface area contributed by atoms with Gasteiger partial charge in [0.15, 0.2) is 11.9 Å². The Labute approximate surface area is 84.2 Å². The molecule has 74 valence electrons. The van der Waals surface area contributed by atoms with E-state index >= 15 is 0 Å². The van der Waals surface area contributed by atoms with Gasteiger partial charge < -0.3 is 0 Å². The van der Waals surface area contributed by atoms with E-state index in [2.05, 4.69) is 20.0 Å². The average Bonchev–Trinajstić information content (AvgIpc) is 2.50. The fourth-order valence-electron chi connectivity index (χ4n) is 0.957. The minimum absolute atomic E-state index is 0.00322. The van der Waals surface area contributed by atoms with Crippen molar-refractivity contribution in [2.75, 3.05) is 0 Å². The van der Waals surface area contributed by atoms with Gasteiger partial charge in [0.1, 0.15) is 11.5 Å². The number of fused-ring (bicyclic) bond motifs is 1. The topological polar surface area (TPSA) is 110 Å². The highest BCUT2D eigenvalue weighted by Crippen LogP contribution is 2.14. The first-order valence-corrected chi connectivity index (χ1v) is 5.36. The lowest BCUT2D eigenvalue weighted by atomic mass is 10.3. The van der Waals surface area contributed by atoms with Crippen LogP contribution < -0.4 is 5.14 Å². The second-order valence-corrected chi connectivity index (χ2v) is 4.37. The normalized spacial score (nSPS) is 25.3. The van der Waals surface area contributed by atoms with Crippen LogP contribution in [-0.4, -0.2) is 37.0 Å². The molecule has 0 amide bonds. The average molecular weight is 234 g/mol. The third-order valence-electron chi connectivity index (χ3n) is 1.54. The number of hydrogen-bond donors (Lipinski definition) is 1. The smallest absolute Gasteiger partial charge is 0.255 e. The van der Waals surface area contributed by atoms with Gasteiger partial charge in [0.05, 0.1) is 0 Å². The fourth-order valence-corrected chi connectivity index (χ4v) is 1.69. The highest BCUT2D eigenvalue weighted by atomic mass is 35.5. The van der Waals surface area contributed by atoms with Crippen LogP contribution in [-0.2, 0) is 10.0 Å². The van der Waals surface area contributed by atoms with Crippen LogP contribution in [0.5, 0.6) is 0 Å². The van der Waals surface area contributed by atoms with Gasteiger partial charge in [-0.3, -0.25) is 4.99 Å². The Morgan fingerprint density at radius 3 is 2.79 bits per heavy atom. The maximum atomic E-state index is 10.9. The maximum absolute atomic E-state index is 10.9. The minimum Gasteiger partial charge on any atom is -0.255 e. The van der Waals surface area contributed by atoms with Crippen molar-refractivity contribution >= 4 is 44.1 Å². The largest absolute Gasteiger partial charge is 0.273 e. The van der Waals surface area contributed by atoms with E-state index in [1.807, 2.05) is 0 Å². The molecule has 0 saturated carbocycles. The molecular weight excluding hydrogens is 230 g/mol. The van der Waals surface area contributed by atoms with Crippen molar-refractivity contribution < 1.29 is 8.42 Å². The molecule has 1 unspecified atom stereocenters. The van der Waals surface area contributed by atoms with Crippen LogP contribution in [0.15, 0.2) is 20.0 Å². The molecule has 0 saturated heterocycles. The minimum atomic E-state index is -3.96. The summed E-state index contributed by atoms with van der Waals surface area (Å²) in [5.74, 6) is 0.189. The van der Waals surface area contributed by atoms with E-state index in [0.717, 1.165) is 0 Å². The lowest BCUT2D eigenvalue weighted by Crippen LogP contribution is -2.32. The number of halogens is 1. The number of aliphatic imine (C=N–C) groups is 4. The highest BCUT2D eigenvalue weighted by Gasteiger charge is 2.30. The van der Waals surface area contributed by atoms with Crippen LogP contribution >= 0.6 is 11.6 Å². The monoisotopic (exact) mass is 233 g/mol. The zero-order valence-corrected chi connectivity index (χ0v) is 8.20. The van der Waals surface area contributed by atoms with Gasteiger partial charge in [-0.1, -0.05) is 11.6 Å². The lowest BCUT2D eigenvalue weighted by molar-refractivity contribution is 0.608. The zero-order valence-electron chi connectivity index (χ0n) is 6.62. The molecule has 2 rings (SSSR count). The zero-order chi connectivity index (χ0) is 10.3. The number of rotatable bonds is 0. The molecule has 0 fully saturated rings. The summed E-state index contributed by atoms with van der Waals surface area (Å²) < 4.78 is 21.8. The molecule has 0 radical (unpaired) electrons. The number of nitrogens with two attached hydrogens (primary N) is 1. The molecule has 7 nitrogen and oxygen atoms in total. The van der Waals surface area contributed by atoms with Crippen molar-refractivity contribution in [3.63, 3.8) is 0 Å². The Morgan fingerprint density at radius 1 is 1.43 bits per heavy atom. The standard InChI is InChI=1S/C5H4ClN5O2S/c6-3-2-4(9-1-8-2)11-5(10-3)14(7,12)13/h1-2H,(H2,7,12,13). The third kappa shape index (κ3) is 1.47. The van der Waals surface area contributed by atoms with Gasteiger partial charge in [0, 0.05) is 0 Å². The number of nitrogens with zero attached hydrogens (tertiary/aromatic N) is 4. The number of amidine groups is 2. The molecule has 1 atom stereocenters. The van der Waals surface area contributed by atoms with E-state index in [9.17, 15) is 8.42 Å². The van der Waals surface area contributed by atoms with E-state index in [-0.39, 0.29) is 11.0 Å². The second-order valence-electron chi connectivity index (χ2n) is 2.53. The summed E-state index contributed by atoms with van der Waals surface area (Å²) in [6.45, 7) is 0. The Balaban J connectivity index is 2.51. The molecule has 2 aliphatic rings. The van der Waals surface area contributed by atoms with Crippen LogP contribution in [0, 0.1) is 0 Å². The number of sulfonamides is 1. The molecule has 14 heavy (non-hydrogen) atoms. The van der Waals surface area contributed by atoms with Gasteiger partial charge in [0.25, 0.3) is 15.2 Å². The maximum Gasteiger partial charge on any atom is 0.273 e. The van der Waals surface area contributed by atoms with E-state index in [1.165, 1.54) is 6.34 Å². The fraction of sp³-hybridized carbons (Fsp3) is 0.200. The van der Waals surface area contributed by atoms with Crippen molar-refractivity contribution in [1.82, 2.24) is 0 Å². The summed E-state index contributed by atoms with van der Waals surface area (Å²) >= 11 is 5.67. The van der Waals surface area contributed by atoms with Crippen LogP contribution in [0.25, 0.3) is 0 Å². The molecule has 0 bridgehead atoms. The van der Waals surface area contributed by atoms with Gasteiger partial charge >= 0.3 is 0 Å². The molecule has 9 heteroatoms. The van der Waals surface area contributed by atoms with Gasteiger partial charge in [-0.05, 0) is 0 Å².